The molecule has 0 radical (unpaired) electrons. The molecule has 15 heteroatoms. The molecule has 0 saturated carbocycles. The Bertz CT molecular complexity index is 1300. The van der Waals surface area contributed by atoms with Crippen molar-refractivity contribution in [2.45, 2.75) is 159 Å². The number of carboxylic acids is 1. The highest BCUT2D eigenvalue weighted by molar-refractivity contribution is 5.81. The number of carboxylic acid groups (broad SMARTS) is 1. The van der Waals surface area contributed by atoms with Gasteiger partial charge in [-0.15, -0.1) is 0 Å². The largest absolute Gasteiger partial charge is 0.481 e. The highest BCUT2D eigenvalue weighted by Gasteiger charge is 2.43. The number of allylic oxidation sites excluding steroid dienone is 6. The van der Waals surface area contributed by atoms with Gasteiger partial charge in [0.1, 0.15) is 29.7 Å². The molecular weight excluding hydrogens is 706 g/mol. The van der Waals surface area contributed by atoms with Crippen LogP contribution in [0.3, 0.4) is 0 Å². The standard InChI is InChI=1S/C39H61NO14/c1-4-14-27-17-11-9-7-6-8-10-12-18-28(54-39-36(48)34(40)35(47)23(3)52-39)22-32(46)33(37(49)50)31(45)21-26(43)19-24(41)15-13-16-25(42)20-30(44)29(5-2)38(51)53-27/h6-12,18,23-24,27-36,39,41,44-48H,4-5,13-17,19-22,40H2,1-3H3,(H,49,50)/t23-,24-,27-,28+,29+,30+,31-,32+,33-,34+,35+,36+,39+/m1/s1. The number of cyclic esters (lactones) is 1. The fourth-order valence-corrected chi connectivity index (χ4v) is 6.47. The molecule has 2 rings (SSSR count). The summed E-state index contributed by atoms with van der Waals surface area (Å²) in [5.41, 5.74) is 5.94. The first kappa shape index (κ1) is 47.0. The van der Waals surface area contributed by atoms with Crippen molar-refractivity contribution in [2.75, 3.05) is 0 Å². The van der Waals surface area contributed by atoms with Gasteiger partial charge in [-0.1, -0.05) is 68.9 Å². The lowest BCUT2D eigenvalue weighted by Crippen LogP contribution is -2.61. The second kappa shape index (κ2) is 24.4. The van der Waals surface area contributed by atoms with Crippen LogP contribution < -0.4 is 5.73 Å². The zero-order chi connectivity index (χ0) is 40.4. The van der Waals surface area contributed by atoms with Crippen molar-refractivity contribution in [3.63, 3.8) is 0 Å². The van der Waals surface area contributed by atoms with Crippen LogP contribution in [0.15, 0.2) is 48.6 Å². The third-order valence-corrected chi connectivity index (χ3v) is 9.64. The SMILES string of the molecule is CCC[C@@H]1CC=CC=CC=CC=C[C@H](O[C@@H]2O[C@H](C)[C@H](O)[C@H](N)[C@@H]2O)C[C@H](O)[C@H](C(=O)O)[C@H](O)CC(=O)C[C@H](O)CCCC(=O)C[C@H](O)[C@H](CC)C(=O)O1. The molecule has 0 aromatic carbocycles. The molecule has 0 spiro atoms. The first-order chi connectivity index (χ1) is 25.6. The number of carbonyl (C=O) groups is 4. The Kier molecular flexibility index (Phi) is 21.3. The minimum Gasteiger partial charge on any atom is -0.481 e. The van der Waals surface area contributed by atoms with E-state index < -0.39 is 116 Å². The van der Waals surface area contributed by atoms with E-state index in [4.69, 9.17) is 19.9 Å². The van der Waals surface area contributed by atoms with Gasteiger partial charge in [-0.2, -0.15) is 0 Å². The number of hydrogen-bond acceptors (Lipinski definition) is 14. The molecule has 15 nitrogen and oxygen atoms in total. The predicted octanol–water partition coefficient (Wildman–Crippen LogP) is 1.55. The average molecular weight is 768 g/mol. The van der Waals surface area contributed by atoms with Crippen LogP contribution in [0.25, 0.3) is 0 Å². The van der Waals surface area contributed by atoms with E-state index in [-0.39, 0.29) is 37.9 Å². The molecule has 2 aliphatic heterocycles. The van der Waals surface area contributed by atoms with Crippen LogP contribution in [0.1, 0.15) is 91.4 Å². The third-order valence-electron chi connectivity index (χ3n) is 9.64. The fraction of sp³-hybridized carbons (Fsp3) is 0.692. The van der Waals surface area contributed by atoms with Gasteiger partial charge in [-0.3, -0.25) is 19.2 Å². The van der Waals surface area contributed by atoms with E-state index in [0.29, 0.717) is 12.8 Å². The van der Waals surface area contributed by atoms with Crippen LogP contribution in [0, 0.1) is 11.8 Å². The Balaban J connectivity index is 2.34. The predicted molar refractivity (Wildman–Crippen MR) is 196 cm³/mol. The van der Waals surface area contributed by atoms with Crippen LogP contribution >= 0.6 is 0 Å². The number of rotatable bonds is 6. The first-order valence-electron chi connectivity index (χ1n) is 18.9. The highest BCUT2D eigenvalue weighted by atomic mass is 16.7. The molecule has 2 aliphatic rings. The number of aliphatic hydroxyl groups excluding tert-OH is 6. The summed E-state index contributed by atoms with van der Waals surface area (Å²) in [5.74, 6) is -5.91. The number of aliphatic carboxylic acids is 1. The Morgan fingerprint density at radius 1 is 0.870 bits per heavy atom. The van der Waals surface area contributed by atoms with Crippen LogP contribution in [0.4, 0.5) is 0 Å². The smallest absolute Gasteiger partial charge is 0.311 e. The molecular formula is C39H61NO14. The lowest BCUT2D eigenvalue weighted by Gasteiger charge is -2.41. The van der Waals surface area contributed by atoms with E-state index >= 15 is 0 Å². The maximum absolute atomic E-state index is 13.0. The molecule has 0 aromatic rings. The molecule has 306 valence electrons. The monoisotopic (exact) mass is 767 g/mol. The van der Waals surface area contributed by atoms with Gasteiger partial charge in [0.25, 0.3) is 0 Å². The molecule has 9 N–H and O–H groups in total. The number of aliphatic hydroxyl groups is 6. The van der Waals surface area contributed by atoms with Gasteiger partial charge >= 0.3 is 11.9 Å². The van der Waals surface area contributed by atoms with Gasteiger partial charge in [0.05, 0.1) is 54.7 Å². The summed E-state index contributed by atoms with van der Waals surface area (Å²) in [6.45, 7) is 5.21. The summed E-state index contributed by atoms with van der Waals surface area (Å²) < 4.78 is 17.2. The van der Waals surface area contributed by atoms with Crippen molar-refractivity contribution in [1.29, 1.82) is 0 Å². The Morgan fingerprint density at radius 2 is 1.52 bits per heavy atom. The number of hydrogen-bond donors (Lipinski definition) is 8. The van der Waals surface area contributed by atoms with Crippen LogP contribution in [-0.4, -0.2) is 127 Å². The minimum absolute atomic E-state index is 0.0261. The van der Waals surface area contributed by atoms with E-state index in [2.05, 4.69) is 0 Å². The summed E-state index contributed by atoms with van der Waals surface area (Å²) in [4.78, 5) is 50.6. The molecule has 0 unspecified atom stereocenters. The van der Waals surface area contributed by atoms with Gasteiger partial charge in [0, 0.05) is 38.5 Å². The molecule has 13 atom stereocenters. The maximum Gasteiger partial charge on any atom is 0.311 e. The topological polar surface area (TPSA) is 264 Å². The summed E-state index contributed by atoms with van der Waals surface area (Å²) >= 11 is 0. The zero-order valence-electron chi connectivity index (χ0n) is 31.5. The Morgan fingerprint density at radius 3 is 2.17 bits per heavy atom. The van der Waals surface area contributed by atoms with E-state index in [0.717, 1.165) is 6.42 Å². The summed E-state index contributed by atoms with van der Waals surface area (Å²) in [6.07, 6.45) is 1.33. The van der Waals surface area contributed by atoms with Gasteiger partial charge < -0.3 is 55.7 Å². The molecule has 2 heterocycles. The quantitative estimate of drug-likeness (QED) is 0.178. The number of carbonyl (C=O) groups excluding carboxylic acids is 3. The first-order valence-corrected chi connectivity index (χ1v) is 18.9. The molecule has 1 saturated heterocycles. The second-order valence-corrected chi connectivity index (χ2v) is 14.2. The highest BCUT2D eigenvalue weighted by Crippen LogP contribution is 2.26. The van der Waals surface area contributed by atoms with E-state index in [9.17, 15) is 54.9 Å². The molecule has 0 bridgehead atoms. The number of ether oxygens (including phenoxy) is 3. The maximum atomic E-state index is 13.0. The van der Waals surface area contributed by atoms with E-state index in [1.807, 2.05) is 13.0 Å². The normalized spacial score (nSPS) is 36.6. The van der Waals surface area contributed by atoms with Gasteiger partial charge in [0.15, 0.2) is 6.29 Å². The van der Waals surface area contributed by atoms with Crippen LogP contribution in [0.2, 0.25) is 0 Å². The second-order valence-electron chi connectivity index (χ2n) is 14.2. The molecule has 0 amide bonds. The summed E-state index contributed by atoms with van der Waals surface area (Å²) in [5, 5.41) is 73.7. The molecule has 1 fully saturated rings. The minimum atomic E-state index is -1.84. The van der Waals surface area contributed by atoms with Gasteiger partial charge in [-0.25, -0.2) is 0 Å². The zero-order valence-corrected chi connectivity index (χ0v) is 31.5. The average Bonchev–Trinajstić information content (AvgIpc) is 3.08. The van der Waals surface area contributed by atoms with Crippen molar-refractivity contribution in [1.82, 2.24) is 0 Å². The Hall–Kier alpha value is -3.12. The molecule has 0 aliphatic carbocycles. The number of esters is 1. The van der Waals surface area contributed by atoms with Crippen molar-refractivity contribution in [3.8, 4) is 0 Å². The number of Topliss-reactive ketones (excluding diaryl/α,β-unsaturated/α-hetero) is 2. The van der Waals surface area contributed by atoms with Crippen molar-refractivity contribution in [3.05, 3.63) is 48.6 Å². The summed E-state index contributed by atoms with van der Waals surface area (Å²) in [7, 11) is 0. The molecule has 54 heavy (non-hydrogen) atoms. The van der Waals surface area contributed by atoms with Gasteiger partial charge in [0.2, 0.25) is 0 Å². The fourth-order valence-electron chi connectivity index (χ4n) is 6.47. The van der Waals surface area contributed by atoms with Gasteiger partial charge in [-0.05, 0) is 32.6 Å². The van der Waals surface area contributed by atoms with E-state index in [1.165, 1.54) is 13.0 Å². The van der Waals surface area contributed by atoms with Crippen molar-refractivity contribution in [2.24, 2.45) is 17.6 Å². The van der Waals surface area contributed by atoms with Crippen LogP contribution in [0.5, 0.6) is 0 Å². The lowest BCUT2D eigenvalue weighted by molar-refractivity contribution is -0.277. The summed E-state index contributed by atoms with van der Waals surface area (Å²) in [6, 6.07) is -1.12. The van der Waals surface area contributed by atoms with Crippen molar-refractivity contribution >= 4 is 23.5 Å². The van der Waals surface area contributed by atoms with E-state index in [1.54, 1.807) is 43.4 Å². The van der Waals surface area contributed by atoms with Crippen molar-refractivity contribution < 1.29 is 69.1 Å². The molecule has 0 aromatic heterocycles. The number of nitrogens with two attached hydrogens (primary N) is 1. The third kappa shape index (κ3) is 15.9. The lowest BCUT2D eigenvalue weighted by atomic mass is 9.88. The Labute approximate surface area is 317 Å². The number of ketones is 2. The van der Waals surface area contributed by atoms with Crippen LogP contribution in [-0.2, 0) is 33.4 Å².